The van der Waals surface area contributed by atoms with Crippen molar-refractivity contribution in [3.63, 3.8) is 0 Å². The van der Waals surface area contributed by atoms with Crippen LogP contribution in [-0.4, -0.2) is 18.5 Å². The molecule has 1 rings (SSSR count). The monoisotopic (exact) mass is 191 g/mol. The van der Waals surface area contributed by atoms with Crippen LogP contribution in [0.5, 0.6) is 0 Å². The Labute approximate surface area is 84.9 Å². The molecule has 0 aliphatic heterocycles. The summed E-state index contributed by atoms with van der Waals surface area (Å²) in [5, 5.41) is 0. The van der Waals surface area contributed by atoms with E-state index < -0.39 is 5.60 Å². The van der Waals surface area contributed by atoms with Gasteiger partial charge < -0.3 is 4.74 Å². The quantitative estimate of drug-likeness (QED) is 0.683. The summed E-state index contributed by atoms with van der Waals surface area (Å²) in [5.74, 6) is -0.0180. The van der Waals surface area contributed by atoms with E-state index in [2.05, 4.69) is 6.92 Å². The number of Topliss-reactive ketones (excluding diaryl/α,β-unsaturated/α-hetero) is 1. The number of ether oxygens (including phenoxy) is 1. The number of carbonyl (C=O) groups is 1. The van der Waals surface area contributed by atoms with Crippen LogP contribution < -0.4 is 0 Å². The molecule has 1 aromatic rings. The Hall–Kier alpha value is -1.15. The molecule has 1 unspecified atom stereocenters. The highest BCUT2D eigenvalue weighted by Gasteiger charge is 2.31. The predicted octanol–water partition coefficient (Wildman–Crippen LogP) is 2.50. The third-order valence-corrected chi connectivity index (χ3v) is 2.44. The SMILES string of the molecule is [CH2]CC(C)(OC)C(=O)c1ccccc1. The normalized spacial score (nSPS) is 14.8. The zero-order valence-electron chi connectivity index (χ0n) is 8.62. The van der Waals surface area contributed by atoms with Crippen molar-refractivity contribution in [3.8, 4) is 0 Å². The summed E-state index contributed by atoms with van der Waals surface area (Å²) in [6.45, 7) is 5.49. The molecule has 0 amide bonds. The van der Waals surface area contributed by atoms with Crippen molar-refractivity contribution in [2.75, 3.05) is 7.11 Å². The molecule has 0 aliphatic rings. The Morgan fingerprint density at radius 2 is 2.00 bits per heavy atom. The molecule has 0 fully saturated rings. The van der Waals surface area contributed by atoms with Crippen molar-refractivity contribution in [1.82, 2.24) is 0 Å². The van der Waals surface area contributed by atoms with E-state index in [1.807, 2.05) is 18.2 Å². The van der Waals surface area contributed by atoms with Crippen LogP contribution in [-0.2, 0) is 4.74 Å². The molecule has 0 aliphatic carbocycles. The average molecular weight is 191 g/mol. The Kier molecular flexibility index (Phi) is 3.42. The predicted molar refractivity (Wildman–Crippen MR) is 56.2 cm³/mol. The van der Waals surface area contributed by atoms with Crippen LogP contribution in [0.2, 0.25) is 0 Å². The van der Waals surface area contributed by atoms with Crippen molar-refractivity contribution in [2.45, 2.75) is 18.9 Å². The van der Waals surface area contributed by atoms with Gasteiger partial charge in [0.2, 0.25) is 0 Å². The average Bonchev–Trinajstić information content (AvgIpc) is 2.28. The Bertz CT molecular complexity index is 299. The molecule has 2 nitrogen and oxygen atoms in total. The van der Waals surface area contributed by atoms with Gasteiger partial charge in [-0.15, -0.1) is 0 Å². The topological polar surface area (TPSA) is 26.3 Å². The molecule has 14 heavy (non-hydrogen) atoms. The number of rotatable bonds is 4. The van der Waals surface area contributed by atoms with Gasteiger partial charge in [-0.25, -0.2) is 0 Å². The largest absolute Gasteiger partial charge is 0.370 e. The fourth-order valence-corrected chi connectivity index (χ4v) is 1.20. The smallest absolute Gasteiger partial charge is 0.194 e. The summed E-state index contributed by atoms with van der Waals surface area (Å²) >= 11 is 0. The highest BCUT2D eigenvalue weighted by molar-refractivity contribution is 6.02. The minimum Gasteiger partial charge on any atom is -0.370 e. The molecular weight excluding hydrogens is 176 g/mol. The first-order valence-electron chi connectivity index (χ1n) is 4.58. The van der Waals surface area contributed by atoms with Crippen LogP contribution in [0.15, 0.2) is 30.3 Å². The third kappa shape index (κ3) is 2.02. The van der Waals surface area contributed by atoms with Crippen LogP contribution >= 0.6 is 0 Å². The van der Waals surface area contributed by atoms with Crippen molar-refractivity contribution in [1.29, 1.82) is 0 Å². The number of benzene rings is 1. The minimum atomic E-state index is -0.804. The zero-order chi connectivity index (χ0) is 10.6. The van der Waals surface area contributed by atoms with E-state index in [1.165, 1.54) is 7.11 Å². The first-order valence-corrected chi connectivity index (χ1v) is 4.58. The summed E-state index contributed by atoms with van der Waals surface area (Å²) in [7, 11) is 1.53. The van der Waals surface area contributed by atoms with Gasteiger partial charge in [-0.2, -0.15) is 0 Å². The number of hydrogen-bond donors (Lipinski definition) is 0. The van der Waals surface area contributed by atoms with E-state index in [-0.39, 0.29) is 5.78 Å². The van der Waals surface area contributed by atoms with Gasteiger partial charge >= 0.3 is 0 Å². The molecule has 0 N–H and O–H groups in total. The second kappa shape index (κ2) is 4.38. The van der Waals surface area contributed by atoms with Gasteiger partial charge in [-0.05, 0) is 20.3 Å². The number of carbonyl (C=O) groups excluding carboxylic acids is 1. The summed E-state index contributed by atoms with van der Waals surface area (Å²) in [5.41, 5.74) is -0.137. The first kappa shape index (κ1) is 10.9. The summed E-state index contributed by atoms with van der Waals surface area (Å²) < 4.78 is 5.19. The lowest BCUT2D eigenvalue weighted by atomic mass is 9.92. The van der Waals surface area contributed by atoms with Crippen LogP contribution in [0, 0.1) is 6.92 Å². The van der Waals surface area contributed by atoms with E-state index in [0.29, 0.717) is 12.0 Å². The second-order valence-corrected chi connectivity index (χ2v) is 3.38. The lowest BCUT2D eigenvalue weighted by Crippen LogP contribution is -2.36. The molecule has 1 radical (unpaired) electrons. The van der Waals surface area contributed by atoms with Crippen molar-refractivity contribution < 1.29 is 9.53 Å². The van der Waals surface area contributed by atoms with Crippen LogP contribution in [0.1, 0.15) is 23.7 Å². The molecule has 0 saturated heterocycles. The van der Waals surface area contributed by atoms with Crippen LogP contribution in [0.25, 0.3) is 0 Å². The Balaban J connectivity index is 2.95. The lowest BCUT2D eigenvalue weighted by Gasteiger charge is -2.24. The molecular formula is C12H15O2. The molecule has 75 valence electrons. The lowest BCUT2D eigenvalue weighted by molar-refractivity contribution is 0.0139. The van der Waals surface area contributed by atoms with Crippen LogP contribution in [0.3, 0.4) is 0 Å². The van der Waals surface area contributed by atoms with Crippen molar-refractivity contribution in [2.24, 2.45) is 0 Å². The maximum atomic E-state index is 12.0. The number of methoxy groups -OCH3 is 1. The van der Waals surface area contributed by atoms with Gasteiger partial charge in [-0.1, -0.05) is 30.3 Å². The highest BCUT2D eigenvalue weighted by atomic mass is 16.5. The first-order chi connectivity index (χ1) is 6.64. The van der Waals surface area contributed by atoms with Gasteiger partial charge in [0.05, 0.1) is 0 Å². The maximum Gasteiger partial charge on any atom is 0.194 e. The van der Waals surface area contributed by atoms with Crippen LogP contribution in [0.4, 0.5) is 0 Å². The molecule has 0 saturated carbocycles. The summed E-state index contributed by atoms with van der Waals surface area (Å²) in [4.78, 5) is 12.0. The molecule has 0 bridgehead atoms. The molecule has 0 aromatic heterocycles. The number of hydrogen-bond acceptors (Lipinski definition) is 2. The van der Waals surface area contributed by atoms with E-state index in [1.54, 1.807) is 19.1 Å². The van der Waals surface area contributed by atoms with Gasteiger partial charge in [-0.3, -0.25) is 4.79 Å². The second-order valence-electron chi connectivity index (χ2n) is 3.38. The van der Waals surface area contributed by atoms with E-state index in [9.17, 15) is 4.79 Å². The standard InChI is InChI=1S/C12H15O2/c1-4-12(2,14-3)11(13)10-8-6-5-7-9-10/h5-9H,1,4H2,2-3H3. The summed E-state index contributed by atoms with van der Waals surface area (Å²) in [6, 6.07) is 9.13. The Morgan fingerprint density at radius 1 is 1.43 bits per heavy atom. The van der Waals surface area contributed by atoms with E-state index in [0.717, 1.165) is 0 Å². The zero-order valence-corrected chi connectivity index (χ0v) is 8.62. The molecule has 1 aromatic carbocycles. The van der Waals surface area contributed by atoms with Gasteiger partial charge in [0.25, 0.3) is 0 Å². The van der Waals surface area contributed by atoms with Gasteiger partial charge in [0.15, 0.2) is 5.78 Å². The Morgan fingerprint density at radius 3 is 2.43 bits per heavy atom. The molecule has 2 heteroatoms. The third-order valence-electron chi connectivity index (χ3n) is 2.44. The van der Waals surface area contributed by atoms with Crippen molar-refractivity contribution >= 4 is 5.78 Å². The molecule has 0 heterocycles. The van der Waals surface area contributed by atoms with E-state index >= 15 is 0 Å². The van der Waals surface area contributed by atoms with E-state index in [4.69, 9.17) is 4.74 Å². The molecule has 0 spiro atoms. The molecule has 1 atom stereocenters. The minimum absolute atomic E-state index is 0.0180. The fraction of sp³-hybridized carbons (Fsp3) is 0.333. The summed E-state index contributed by atoms with van der Waals surface area (Å²) in [6.07, 6.45) is 0.428. The maximum absolute atomic E-state index is 12.0. The fourth-order valence-electron chi connectivity index (χ4n) is 1.20. The highest BCUT2D eigenvalue weighted by Crippen LogP contribution is 2.20. The van der Waals surface area contributed by atoms with Gasteiger partial charge in [0, 0.05) is 12.7 Å². The number of ketones is 1. The van der Waals surface area contributed by atoms with Crippen molar-refractivity contribution in [3.05, 3.63) is 42.8 Å². The van der Waals surface area contributed by atoms with Gasteiger partial charge in [0.1, 0.15) is 5.60 Å².